The highest BCUT2D eigenvalue weighted by atomic mass is 15.2. The molecule has 0 saturated carbocycles. The number of hydrogen-bond donors (Lipinski definition) is 1. The Kier molecular flexibility index (Phi) is 6.02. The lowest BCUT2D eigenvalue weighted by Gasteiger charge is -2.15. The van der Waals surface area contributed by atoms with Crippen LogP contribution >= 0.6 is 0 Å². The van der Waals surface area contributed by atoms with E-state index in [-0.39, 0.29) is 0 Å². The predicted octanol–water partition coefficient (Wildman–Crippen LogP) is 2.98. The highest BCUT2D eigenvalue weighted by molar-refractivity contribution is 5.50. The Labute approximate surface area is 103 Å². The molecule has 0 fully saturated rings. The van der Waals surface area contributed by atoms with Gasteiger partial charge in [0.05, 0.1) is 11.8 Å². The van der Waals surface area contributed by atoms with Gasteiger partial charge in [-0.25, -0.2) is 0 Å². The van der Waals surface area contributed by atoms with E-state index in [9.17, 15) is 0 Å². The highest BCUT2D eigenvalue weighted by Gasteiger charge is 2.08. The van der Waals surface area contributed by atoms with Gasteiger partial charge in [-0.1, -0.05) is 33.1 Å². The minimum absolute atomic E-state index is 0.561. The van der Waals surface area contributed by atoms with Crippen LogP contribution in [0.25, 0.3) is 0 Å². The van der Waals surface area contributed by atoms with Crippen molar-refractivity contribution in [3.05, 3.63) is 17.8 Å². The van der Waals surface area contributed by atoms with E-state index in [4.69, 9.17) is 5.26 Å². The van der Waals surface area contributed by atoms with Gasteiger partial charge in [0, 0.05) is 6.54 Å². The maximum absolute atomic E-state index is 8.92. The summed E-state index contributed by atoms with van der Waals surface area (Å²) in [4.78, 5) is 0. The topological polar surface area (TPSA) is 61.6 Å². The van der Waals surface area contributed by atoms with Crippen LogP contribution in [0, 0.1) is 17.2 Å². The molecule has 1 atom stereocenters. The van der Waals surface area contributed by atoms with Crippen LogP contribution in [0.3, 0.4) is 0 Å². The predicted molar refractivity (Wildman–Crippen MR) is 68.5 cm³/mol. The Bertz CT molecular complexity index is 370. The van der Waals surface area contributed by atoms with Gasteiger partial charge >= 0.3 is 0 Å². The first-order chi connectivity index (χ1) is 8.31. The monoisotopic (exact) mass is 232 g/mol. The number of aromatic nitrogens is 2. The summed E-state index contributed by atoms with van der Waals surface area (Å²) < 4.78 is 0. The summed E-state index contributed by atoms with van der Waals surface area (Å²) in [5.41, 5.74) is 0.561. The zero-order valence-corrected chi connectivity index (χ0v) is 10.6. The molecule has 1 heterocycles. The minimum Gasteiger partial charge on any atom is -0.367 e. The maximum Gasteiger partial charge on any atom is 0.166 e. The molecule has 1 aromatic rings. The molecule has 1 rings (SSSR count). The minimum atomic E-state index is 0.561. The fraction of sp³-hybridized carbons (Fsp3) is 0.615. The Morgan fingerprint density at radius 3 is 2.94 bits per heavy atom. The molecule has 0 aliphatic carbocycles. The summed E-state index contributed by atoms with van der Waals surface area (Å²) in [6, 6.07) is 3.80. The van der Waals surface area contributed by atoms with Gasteiger partial charge in [-0.15, -0.1) is 5.10 Å². The Morgan fingerprint density at radius 1 is 1.47 bits per heavy atom. The number of nitrogens with zero attached hydrogens (tertiary/aromatic N) is 3. The molecule has 1 aromatic heterocycles. The van der Waals surface area contributed by atoms with Crippen LogP contribution in [0.15, 0.2) is 12.3 Å². The van der Waals surface area contributed by atoms with Gasteiger partial charge in [-0.05, 0) is 18.4 Å². The molecule has 1 N–H and O–H groups in total. The average Bonchev–Trinajstić information content (AvgIpc) is 2.39. The molecule has 0 aliphatic heterocycles. The summed E-state index contributed by atoms with van der Waals surface area (Å²) in [6.07, 6.45) is 6.40. The molecule has 0 amide bonds. The number of unbranched alkanes of at least 4 members (excludes halogenated alkanes) is 1. The van der Waals surface area contributed by atoms with Crippen LogP contribution in [0.2, 0.25) is 0 Å². The Hall–Kier alpha value is -1.63. The van der Waals surface area contributed by atoms with Crippen LogP contribution in [0.4, 0.5) is 5.82 Å². The molecule has 4 heteroatoms. The smallest absolute Gasteiger partial charge is 0.166 e. The average molecular weight is 232 g/mol. The van der Waals surface area contributed by atoms with Gasteiger partial charge < -0.3 is 5.32 Å². The largest absolute Gasteiger partial charge is 0.367 e. The van der Waals surface area contributed by atoms with E-state index in [0.717, 1.165) is 13.0 Å². The molecule has 0 saturated heterocycles. The van der Waals surface area contributed by atoms with Crippen molar-refractivity contribution < 1.29 is 0 Å². The maximum atomic E-state index is 8.92. The van der Waals surface area contributed by atoms with Crippen molar-refractivity contribution in [3.8, 4) is 6.07 Å². The fourth-order valence-electron chi connectivity index (χ4n) is 1.74. The van der Waals surface area contributed by atoms with Crippen LogP contribution in [-0.4, -0.2) is 16.7 Å². The molecule has 17 heavy (non-hydrogen) atoms. The molecule has 0 radical (unpaired) electrons. The van der Waals surface area contributed by atoms with Crippen molar-refractivity contribution in [3.63, 3.8) is 0 Å². The van der Waals surface area contributed by atoms with Crippen LogP contribution in [0.5, 0.6) is 0 Å². The third kappa shape index (κ3) is 4.39. The Balaban J connectivity index is 2.51. The Morgan fingerprint density at radius 2 is 2.29 bits per heavy atom. The standard InChI is InChI=1S/C13H20N4/c1-3-5-6-11(4-2)10-15-13-12(9-14)7-8-16-17-13/h7-8,11H,3-6,10H2,1-2H3,(H,15,17). The summed E-state index contributed by atoms with van der Waals surface area (Å²) >= 11 is 0. The third-order valence-corrected chi connectivity index (χ3v) is 2.94. The van der Waals surface area contributed by atoms with Crippen molar-refractivity contribution in [2.45, 2.75) is 39.5 Å². The second-order valence-corrected chi connectivity index (χ2v) is 4.20. The number of nitriles is 1. The van der Waals surface area contributed by atoms with Crippen molar-refractivity contribution in [1.29, 1.82) is 5.26 Å². The summed E-state index contributed by atoms with van der Waals surface area (Å²) in [5, 5.41) is 19.9. The van der Waals surface area contributed by atoms with Crippen molar-refractivity contribution in [2.75, 3.05) is 11.9 Å². The van der Waals surface area contributed by atoms with Crippen LogP contribution in [0.1, 0.15) is 45.1 Å². The second-order valence-electron chi connectivity index (χ2n) is 4.20. The molecule has 0 aromatic carbocycles. The van der Waals surface area contributed by atoms with Crippen molar-refractivity contribution in [2.24, 2.45) is 5.92 Å². The van der Waals surface area contributed by atoms with Gasteiger partial charge in [-0.3, -0.25) is 0 Å². The van der Waals surface area contributed by atoms with E-state index in [1.165, 1.54) is 25.5 Å². The van der Waals surface area contributed by atoms with Gasteiger partial charge in [-0.2, -0.15) is 10.4 Å². The number of rotatable bonds is 7. The summed E-state index contributed by atoms with van der Waals surface area (Å²) in [7, 11) is 0. The zero-order valence-electron chi connectivity index (χ0n) is 10.6. The fourth-order valence-corrected chi connectivity index (χ4v) is 1.74. The second kappa shape index (κ2) is 7.61. The lowest BCUT2D eigenvalue weighted by atomic mass is 9.99. The molecule has 0 aliphatic rings. The van der Waals surface area contributed by atoms with Crippen LogP contribution in [-0.2, 0) is 0 Å². The van der Waals surface area contributed by atoms with E-state index in [0.29, 0.717) is 17.3 Å². The van der Waals surface area contributed by atoms with Gasteiger partial charge in [0.25, 0.3) is 0 Å². The summed E-state index contributed by atoms with van der Waals surface area (Å²) in [5.74, 6) is 1.24. The molecule has 1 unspecified atom stereocenters. The number of anilines is 1. The number of nitrogens with one attached hydrogen (secondary N) is 1. The molecule has 4 nitrogen and oxygen atoms in total. The molecule has 0 spiro atoms. The van der Waals surface area contributed by atoms with Crippen molar-refractivity contribution >= 4 is 5.82 Å². The quantitative estimate of drug-likeness (QED) is 0.785. The van der Waals surface area contributed by atoms with E-state index >= 15 is 0 Å². The molecular formula is C13H20N4. The first-order valence-corrected chi connectivity index (χ1v) is 6.27. The van der Waals surface area contributed by atoms with Crippen molar-refractivity contribution in [1.82, 2.24) is 10.2 Å². The lowest BCUT2D eigenvalue weighted by molar-refractivity contribution is 0.472. The molecular weight excluding hydrogens is 212 g/mol. The normalized spacial score (nSPS) is 11.8. The first kappa shape index (κ1) is 13.4. The van der Waals surface area contributed by atoms with Gasteiger partial charge in [0.1, 0.15) is 6.07 Å². The van der Waals surface area contributed by atoms with E-state index < -0.39 is 0 Å². The van der Waals surface area contributed by atoms with E-state index in [1.807, 2.05) is 0 Å². The highest BCUT2D eigenvalue weighted by Crippen LogP contribution is 2.15. The lowest BCUT2D eigenvalue weighted by Crippen LogP contribution is -2.15. The van der Waals surface area contributed by atoms with E-state index in [1.54, 1.807) is 6.07 Å². The molecule has 0 bridgehead atoms. The van der Waals surface area contributed by atoms with Crippen LogP contribution < -0.4 is 5.32 Å². The molecule has 92 valence electrons. The third-order valence-electron chi connectivity index (χ3n) is 2.94. The van der Waals surface area contributed by atoms with Gasteiger partial charge in [0.15, 0.2) is 5.82 Å². The van der Waals surface area contributed by atoms with Gasteiger partial charge in [0.2, 0.25) is 0 Å². The van der Waals surface area contributed by atoms with E-state index in [2.05, 4.69) is 35.4 Å². The number of hydrogen-bond acceptors (Lipinski definition) is 4. The zero-order chi connectivity index (χ0) is 12.5. The summed E-state index contributed by atoms with van der Waals surface area (Å²) in [6.45, 7) is 5.27. The first-order valence-electron chi connectivity index (χ1n) is 6.27. The SMILES string of the molecule is CCCCC(CC)CNc1nnccc1C#N.